The van der Waals surface area contributed by atoms with E-state index in [2.05, 4.69) is 11.9 Å². The van der Waals surface area contributed by atoms with Crippen LogP contribution in [-0.4, -0.2) is 17.9 Å². The highest BCUT2D eigenvalue weighted by Gasteiger charge is 2.31. The van der Waals surface area contributed by atoms with E-state index in [1.165, 1.54) is 6.07 Å². The molecule has 0 bridgehead atoms. The highest BCUT2D eigenvalue weighted by Crippen LogP contribution is 2.44. The van der Waals surface area contributed by atoms with Crippen LogP contribution in [0.25, 0.3) is 0 Å². The van der Waals surface area contributed by atoms with Gasteiger partial charge in [0.1, 0.15) is 34.8 Å². The average molecular weight is 744 g/mol. The first-order chi connectivity index (χ1) is 25.5. The lowest BCUT2D eigenvalue weighted by Gasteiger charge is -2.43. The lowest BCUT2D eigenvalue weighted by atomic mass is 9.97. The monoisotopic (exact) mass is 743 g/mol. The first-order valence-electron chi connectivity index (χ1n) is 16.8. The summed E-state index contributed by atoms with van der Waals surface area (Å²) in [7, 11) is -0.0379. The molecule has 5 aromatic carbocycles. The van der Waals surface area contributed by atoms with Gasteiger partial charge in [0.15, 0.2) is 0 Å². The average Bonchev–Trinajstić information content (AvgIpc) is 3.14. The number of benzene rings is 5. The van der Waals surface area contributed by atoms with Crippen LogP contribution in [0, 0.1) is 30.2 Å². The first-order valence-corrected chi connectivity index (χ1v) is 17.9. The Balaban J connectivity index is 1.21. The zero-order valence-corrected chi connectivity index (χ0v) is 30.3. The molecule has 1 N–H and O–H groups in total. The Labute approximate surface area is 307 Å². The Hall–Kier alpha value is -5.22. The molecular formula is C41H38F4N3O4P. The number of amides is 1. The van der Waals surface area contributed by atoms with Crippen molar-refractivity contribution in [2.24, 2.45) is 0 Å². The van der Waals surface area contributed by atoms with Crippen LogP contribution in [-0.2, 0) is 35.4 Å². The van der Waals surface area contributed by atoms with Crippen LogP contribution in [0.1, 0.15) is 56.7 Å². The standard InChI is InChI=1S/C41H38F4N3O4P/c1-26-17-33(52-53(50-24-29-11-7-5-8-12-29)51-25-30-13-9-6-10-14-30)21-39(45)36(26)23-48-28(3)47(4)27(2)34-16-15-31(18-40(34)48)41(49)46-22-35-37(43)19-32(42)20-38(35)44/h5-21,27H,3,22-25H2,1-2,4H3,(H,46,49)/t27-/m0/s1. The Morgan fingerprint density at radius 1 is 0.811 bits per heavy atom. The Morgan fingerprint density at radius 2 is 1.40 bits per heavy atom. The molecule has 1 heterocycles. The number of carbonyl (C=O) groups is 1. The molecule has 0 radical (unpaired) electrons. The number of nitrogens with zero attached hydrogens (tertiary/aromatic N) is 2. The van der Waals surface area contributed by atoms with Crippen LogP contribution >= 0.6 is 8.60 Å². The lowest BCUT2D eigenvalue weighted by molar-refractivity contribution is 0.0950. The normalized spacial score (nSPS) is 14.0. The predicted octanol–water partition coefficient (Wildman–Crippen LogP) is 10.0. The Bertz CT molecular complexity index is 2020. The summed E-state index contributed by atoms with van der Waals surface area (Å²) < 4.78 is 76.1. The van der Waals surface area contributed by atoms with Crippen molar-refractivity contribution in [3.05, 3.63) is 178 Å². The van der Waals surface area contributed by atoms with E-state index < -0.39 is 49.9 Å². The van der Waals surface area contributed by atoms with Crippen LogP contribution in [0.15, 0.2) is 116 Å². The second-order valence-electron chi connectivity index (χ2n) is 12.6. The molecule has 0 saturated heterocycles. The predicted molar refractivity (Wildman–Crippen MR) is 197 cm³/mol. The van der Waals surface area contributed by atoms with Gasteiger partial charge in [-0.1, -0.05) is 73.3 Å². The quantitative estimate of drug-likeness (QED) is 0.0958. The van der Waals surface area contributed by atoms with Gasteiger partial charge < -0.3 is 19.6 Å². The third kappa shape index (κ3) is 8.88. The van der Waals surface area contributed by atoms with Crippen molar-refractivity contribution in [3.8, 4) is 5.75 Å². The summed E-state index contributed by atoms with van der Waals surface area (Å²) in [4.78, 5) is 17.0. The molecule has 0 aromatic heterocycles. The fourth-order valence-electron chi connectivity index (χ4n) is 5.95. The van der Waals surface area contributed by atoms with Crippen LogP contribution in [0.4, 0.5) is 23.2 Å². The molecule has 0 fully saturated rings. The number of aryl methyl sites for hydroxylation is 1. The van der Waals surface area contributed by atoms with Crippen LogP contribution in [0.3, 0.4) is 0 Å². The summed E-state index contributed by atoms with van der Waals surface area (Å²) in [5.74, 6) is -3.55. The zero-order valence-electron chi connectivity index (χ0n) is 29.4. The summed E-state index contributed by atoms with van der Waals surface area (Å²) >= 11 is 0. The van der Waals surface area contributed by atoms with Crippen molar-refractivity contribution in [2.45, 2.75) is 46.2 Å². The highest BCUT2D eigenvalue weighted by molar-refractivity contribution is 7.42. The van der Waals surface area contributed by atoms with Gasteiger partial charge in [-0.3, -0.25) is 13.8 Å². The van der Waals surface area contributed by atoms with Crippen LogP contribution < -0.4 is 14.7 Å². The second-order valence-corrected chi connectivity index (χ2v) is 13.8. The largest absolute Gasteiger partial charge is 0.427 e. The molecule has 0 spiro atoms. The summed E-state index contributed by atoms with van der Waals surface area (Å²) in [6, 6.07) is 28.3. The Morgan fingerprint density at radius 3 is 1.98 bits per heavy atom. The SMILES string of the molecule is C=C1N(Cc2c(C)cc(OP(OCc3ccccc3)OCc3ccccc3)cc2F)c2cc(C(=O)NCc3c(F)cc(F)cc3F)ccc2[C@H](C)N1C. The highest BCUT2D eigenvalue weighted by atomic mass is 31.2. The number of nitrogens with one attached hydrogen (secondary N) is 1. The summed E-state index contributed by atoms with van der Waals surface area (Å²) in [6.45, 7) is 8.09. The number of fused-ring (bicyclic) bond motifs is 1. The van der Waals surface area contributed by atoms with Gasteiger partial charge in [-0.15, -0.1) is 0 Å². The maximum atomic E-state index is 16.1. The molecule has 12 heteroatoms. The van der Waals surface area contributed by atoms with Gasteiger partial charge >= 0.3 is 8.60 Å². The molecule has 0 saturated carbocycles. The molecule has 53 heavy (non-hydrogen) atoms. The lowest BCUT2D eigenvalue weighted by Crippen LogP contribution is -2.39. The van der Waals surface area contributed by atoms with E-state index in [0.29, 0.717) is 34.8 Å². The zero-order chi connectivity index (χ0) is 37.6. The molecule has 1 aliphatic rings. The minimum Gasteiger partial charge on any atom is -0.427 e. The van der Waals surface area contributed by atoms with Crippen molar-refractivity contribution in [1.29, 1.82) is 0 Å². The van der Waals surface area contributed by atoms with Gasteiger partial charge in [0, 0.05) is 54.2 Å². The number of anilines is 1. The van der Waals surface area contributed by atoms with Crippen molar-refractivity contribution in [3.63, 3.8) is 0 Å². The molecular weight excluding hydrogens is 705 g/mol. The molecule has 7 nitrogen and oxygen atoms in total. The van der Waals surface area contributed by atoms with Crippen molar-refractivity contribution in [1.82, 2.24) is 10.2 Å². The van der Waals surface area contributed by atoms with Gasteiger partial charge in [0.05, 0.1) is 25.8 Å². The first kappa shape index (κ1) is 37.5. The smallest absolute Gasteiger partial charge is 0.397 e. The van der Waals surface area contributed by atoms with E-state index >= 15 is 4.39 Å². The van der Waals surface area contributed by atoms with E-state index in [0.717, 1.165) is 16.7 Å². The van der Waals surface area contributed by atoms with E-state index in [1.54, 1.807) is 31.2 Å². The fourth-order valence-corrected chi connectivity index (χ4v) is 6.92. The fraction of sp³-hybridized carbons (Fsp3) is 0.195. The second kappa shape index (κ2) is 16.6. The maximum absolute atomic E-state index is 16.1. The molecule has 1 amide bonds. The molecule has 274 valence electrons. The van der Waals surface area contributed by atoms with Crippen LogP contribution in [0.2, 0.25) is 0 Å². The van der Waals surface area contributed by atoms with Crippen molar-refractivity contribution < 1.29 is 35.9 Å². The van der Waals surface area contributed by atoms with Gasteiger partial charge in [-0.25, -0.2) is 17.6 Å². The summed E-state index contributed by atoms with van der Waals surface area (Å²) in [5.41, 5.74) is 4.09. The maximum Gasteiger partial charge on any atom is 0.397 e. The van der Waals surface area contributed by atoms with E-state index in [1.807, 2.05) is 84.4 Å². The summed E-state index contributed by atoms with van der Waals surface area (Å²) in [6.07, 6.45) is 0. The minimum atomic E-state index is -1.92. The molecule has 5 aromatic rings. The van der Waals surface area contributed by atoms with Gasteiger partial charge in [0.25, 0.3) is 5.91 Å². The van der Waals surface area contributed by atoms with Crippen LogP contribution in [0.5, 0.6) is 5.75 Å². The Kier molecular flexibility index (Phi) is 11.8. The van der Waals surface area contributed by atoms with Gasteiger partial charge in [0.2, 0.25) is 0 Å². The molecule has 0 aliphatic carbocycles. The number of hydrogen-bond donors (Lipinski definition) is 1. The number of rotatable bonds is 13. The third-order valence-corrected chi connectivity index (χ3v) is 10.2. The topological polar surface area (TPSA) is 63.3 Å². The number of carbonyl (C=O) groups excluding carboxylic acids is 1. The van der Waals surface area contributed by atoms with Gasteiger partial charge in [-0.2, -0.15) is 0 Å². The minimum absolute atomic E-state index is 0.0711. The molecule has 1 aliphatic heterocycles. The van der Waals surface area contributed by atoms with E-state index in [9.17, 15) is 18.0 Å². The number of hydrogen-bond acceptors (Lipinski definition) is 6. The van der Waals surface area contributed by atoms with Gasteiger partial charge in [-0.05, 0) is 54.3 Å². The van der Waals surface area contributed by atoms with Crippen molar-refractivity contribution >= 4 is 20.2 Å². The molecule has 6 rings (SSSR count). The van der Waals surface area contributed by atoms with E-state index in [-0.39, 0.29) is 37.1 Å². The molecule has 0 unspecified atom stereocenters. The molecule has 1 atom stereocenters. The summed E-state index contributed by atoms with van der Waals surface area (Å²) in [5, 5.41) is 2.51. The van der Waals surface area contributed by atoms with E-state index in [4.69, 9.17) is 13.6 Å². The number of halogens is 4. The third-order valence-electron chi connectivity index (χ3n) is 9.11. The van der Waals surface area contributed by atoms with Crippen molar-refractivity contribution in [2.75, 3.05) is 11.9 Å².